The SMILES string of the molecule is CCN1C(=O)C(=Cc2cccc(OC)c2)SC1=NS(=O)(=O)c1ccc(Cl)cc1. The van der Waals surface area contributed by atoms with Gasteiger partial charge in [-0.15, -0.1) is 4.40 Å². The fourth-order valence-corrected chi connectivity index (χ4v) is 4.87. The molecule has 0 N–H and O–H groups in total. The van der Waals surface area contributed by atoms with Gasteiger partial charge in [0.2, 0.25) is 0 Å². The number of carbonyl (C=O) groups excluding carboxylic acids is 1. The fourth-order valence-electron chi connectivity index (χ4n) is 2.50. The minimum atomic E-state index is -3.97. The quantitative estimate of drug-likeness (QED) is 0.661. The van der Waals surface area contributed by atoms with Crippen LogP contribution in [-0.2, 0) is 14.8 Å². The maximum atomic E-state index is 12.7. The number of hydrogen-bond acceptors (Lipinski definition) is 5. The smallest absolute Gasteiger partial charge is 0.284 e. The Bertz CT molecular complexity index is 1060. The van der Waals surface area contributed by atoms with Gasteiger partial charge in [-0.2, -0.15) is 8.42 Å². The Morgan fingerprint density at radius 1 is 1.21 bits per heavy atom. The van der Waals surface area contributed by atoms with Crippen molar-refractivity contribution in [1.82, 2.24) is 4.90 Å². The van der Waals surface area contributed by atoms with Gasteiger partial charge in [-0.05, 0) is 66.7 Å². The molecule has 1 aliphatic rings. The van der Waals surface area contributed by atoms with Crippen LogP contribution in [0, 0.1) is 0 Å². The first-order valence-electron chi connectivity index (χ1n) is 8.30. The normalized spacial score (nSPS) is 17.5. The Kier molecular flexibility index (Phi) is 6.12. The molecule has 28 heavy (non-hydrogen) atoms. The van der Waals surface area contributed by atoms with Gasteiger partial charge in [0.05, 0.1) is 16.9 Å². The van der Waals surface area contributed by atoms with Crippen LogP contribution in [0.25, 0.3) is 6.08 Å². The summed E-state index contributed by atoms with van der Waals surface area (Å²) in [6.45, 7) is 2.06. The highest BCUT2D eigenvalue weighted by atomic mass is 35.5. The van der Waals surface area contributed by atoms with Crippen LogP contribution in [0.15, 0.2) is 62.7 Å². The number of amides is 1. The van der Waals surface area contributed by atoms with Gasteiger partial charge in [0.25, 0.3) is 15.9 Å². The predicted octanol–water partition coefficient (Wildman–Crippen LogP) is 4.03. The van der Waals surface area contributed by atoms with Crippen molar-refractivity contribution in [2.45, 2.75) is 11.8 Å². The van der Waals surface area contributed by atoms with E-state index in [0.717, 1.165) is 17.3 Å². The number of amidine groups is 1. The second kappa shape index (κ2) is 8.38. The number of methoxy groups -OCH3 is 1. The van der Waals surface area contributed by atoms with Gasteiger partial charge in [-0.1, -0.05) is 23.7 Å². The molecule has 0 unspecified atom stereocenters. The van der Waals surface area contributed by atoms with E-state index in [4.69, 9.17) is 16.3 Å². The first-order valence-corrected chi connectivity index (χ1v) is 10.9. The minimum Gasteiger partial charge on any atom is -0.497 e. The van der Waals surface area contributed by atoms with E-state index in [1.54, 1.807) is 32.2 Å². The Morgan fingerprint density at radius 2 is 1.93 bits per heavy atom. The van der Waals surface area contributed by atoms with Crippen molar-refractivity contribution in [2.75, 3.05) is 13.7 Å². The molecule has 146 valence electrons. The molecule has 1 heterocycles. The summed E-state index contributed by atoms with van der Waals surface area (Å²) in [7, 11) is -2.40. The van der Waals surface area contributed by atoms with Gasteiger partial charge in [0, 0.05) is 11.6 Å². The molecule has 3 rings (SSSR count). The summed E-state index contributed by atoms with van der Waals surface area (Å²) in [5.74, 6) is 0.372. The van der Waals surface area contributed by atoms with E-state index < -0.39 is 10.0 Å². The third kappa shape index (κ3) is 4.40. The molecular weight excluding hydrogens is 420 g/mol. The van der Waals surface area contributed by atoms with E-state index in [-0.39, 0.29) is 16.0 Å². The lowest BCUT2D eigenvalue weighted by molar-refractivity contribution is -0.122. The van der Waals surface area contributed by atoms with Gasteiger partial charge >= 0.3 is 0 Å². The van der Waals surface area contributed by atoms with Gasteiger partial charge in [0.1, 0.15) is 5.75 Å². The topological polar surface area (TPSA) is 76.0 Å². The highest BCUT2D eigenvalue weighted by Gasteiger charge is 2.34. The molecule has 1 saturated heterocycles. The standard InChI is InChI=1S/C19H17ClN2O4S2/c1-3-22-18(23)17(12-13-5-4-6-15(11-13)26-2)27-19(22)21-28(24,25)16-9-7-14(20)8-10-16/h4-12H,3H2,1-2H3. The molecule has 0 radical (unpaired) electrons. The lowest BCUT2D eigenvalue weighted by atomic mass is 10.2. The van der Waals surface area contributed by atoms with E-state index in [2.05, 4.69) is 4.40 Å². The maximum absolute atomic E-state index is 12.7. The molecule has 2 aromatic carbocycles. The zero-order chi connectivity index (χ0) is 20.3. The Hall–Kier alpha value is -2.29. The average Bonchev–Trinajstić information content (AvgIpc) is 2.95. The number of nitrogens with zero attached hydrogens (tertiary/aromatic N) is 2. The lowest BCUT2D eigenvalue weighted by Crippen LogP contribution is -2.29. The van der Waals surface area contributed by atoms with Gasteiger partial charge in [0.15, 0.2) is 5.17 Å². The summed E-state index contributed by atoms with van der Waals surface area (Å²) >= 11 is 6.84. The van der Waals surface area contributed by atoms with Gasteiger partial charge < -0.3 is 4.74 Å². The van der Waals surface area contributed by atoms with Crippen molar-refractivity contribution >= 4 is 50.5 Å². The summed E-state index contributed by atoms with van der Waals surface area (Å²) in [6.07, 6.45) is 1.69. The van der Waals surface area contributed by atoms with E-state index in [9.17, 15) is 13.2 Å². The Morgan fingerprint density at radius 3 is 2.57 bits per heavy atom. The number of benzene rings is 2. The number of thioether (sulfide) groups is 1. The van der Waals surface area contributed by atoms with E-state index >= 15 is 0 Å². The monoisotopic (exact) mass is 436 g/mol. The predicted molar refractivity (Wildman–Crippen MR) is 112 cm³/mol. The van der Waals surface area contributed by atoms with Crippen LogP contribution in [0.2, 0.25) is 5.02 Å². The van der Waals surface area contributed by atoms with Crippen LogP contribution in [0.3, 0.4) is 0 Å². The van der Waals surface area contributed by atoms with Crippen LogP contribution in [0.1, 0.15) is 12.5 Å². The van der Waals surface area contributed by atoms with Crippen LogP contribution in [0.5, 0.6) is 5.75 Å². The molecule has 6 nitrogen and oxygen atoms in total. The van der Waals surface area contributed by atoms with Crippen molar-refractivity contribution in [1.29, 1.82) is 0 Å². The van der Waals surface area contributed by atoms with Crippen LogP contribution in [0.4, 0.5) is 0 Å². The Labute approximate surface area is 172 Å². The molecular formula is C19H17ClN2O4S2. The lowest BCUT2D eigenvalue weighted by Gasteiger charge is -2.11. The van der Waals surface area contributed by atoms with E-state index in [1.165, 1.54) is 29.2 Å². The number of halogens is 1. The second-order valence-corrected chi connectivity index (χ2v) is 8.79. The summed E-state index contributed by atoms with van der Waals surface area (Å²) in [5, 5.41) is 0.548. The van der Waals surface area contributed by atoms with Crippen LogP contribution >= 0.6 is 23.4 Å². The molecule has 2 aromatic rings. The average molecular weight is 437 g/mol. The van der Waals surface area contributed by atoms with Gasteiger partial charge in [-0.3, -0.25) is 9.69 Å². The zero-order valence-electron chi connectivity index (χ0n) is 15.1. The summed E-state index contributed by atoms with van der Waals surface area (Å²) in [6, 6.07) is 13.0. The van der Waals surface area contributed by atoms with Crippen molar-refractivity contribution in [2.24, 2.45) is 4.40 Å². The zero-order valence-corrected chi connectivity index (χ0v) is 17.5. The maximum Gasteiger partial charge on any atom is 0.284 e. The Balaban J connectivity index is 1.96. The molecule has 0 saturated carbocycles. The van der Waals surface area contributed by atoms with Crippen molar-refractivity contribution in [3.63, 3.8) is 0 Å². The summed E-state index contributed by atoms with van der Waals surface area (Å²) < 4.78 is 34.3. The molecule has 9 heteroatoms. The number of carbonyl (C=O) groups is 1. The van der Waals surface area contributed by atoms with Gasteiger partial charge in [-0.25, -0.2) is 0 Å². The highest BCUT2D eigenvalue weighted by molar-refractivity contribution is 8.19. The summed E-state index contributed by atoms with van der Waals surface area (Å²) in [4.78, 5) is 14.4. The molecule has 0 bridgehead atoms. The third-order valence-corrected chi connectivity index (χ3v) is 6.56. The number of rotatable bonds is 5. The molecule has 1 fully saturated rings. The van der Waals surface area contributed by atoms with E-state index in [1.807, 2.05) is 12.1 Å². The number of ether oxygens (including phenoxy) is 1. The number of hydrogen-bond donors (Lipinski definition) is 0. The molecule has 1 aliphatic heterocycles. The summed E-state index contributed by atoms with van der Waals surface area (Å²) in [5.41, 5.74) is 0.771. The third-order valence-electron chi connectivity index (χ3n) is 3.91. The van der Waals surface area contributed by atoms with Crippen LogP contribution in [-0.4, -0.2) is 38.0 Å². The molecule has 0 aliphatic carbocycles. The first kappa shape index (κ1) is 20.4. The highest BCUT2D eigenvalue weighted by Crippen LogP contribution is 2.34. The van der Waals surface area contributed by atoms with Crippen LogP contribution < -0.4 is 4.74 Å². The van der Waals surface area contributed by atoms with E-state index in [0.29, 0.717) is 22.2 Å². The molecule has 0 atom stereocenters. The second-order valence-electron chi connectivity index (χ2n) is 5.74. The molecule has 0 aromatic heterocycles. The van der Waals surface area contributed by atoms with Crippen molar-refractivity contribution < 1.29 is 17.9 Å². The number of sulfonamides is 1. The van der Waals surface area contributed by atoms with Crippen molar-refractivity contribution in [3.8, 4) is 5.75 Å². The van der Waals surface area contributed by atoms with Crippen molar-refractivity contribution in [3.05, 3.63) is 64.0 Å². The molecule has 1 amide bonds. The number of likely N-dealkylation sites (N-methyl/N-ethyl adjacent to an activating group) is 1. The first-order chi connectivity index (χ1) is 13.3. The molecule has 0 spiro atoms. The minimum absolute atomic E-state index is 0.0127. The largest absolute Gasteiger partial charge is 0.497 e. The fraction of sp³-hybridized carbons (Fsp3) is 0.158.